The summed E-state index contributed by atoms with van der Waals surface area (Å²) in [5, 5.41) is 28.9. The standard InChI is InChI=1S/C20H19NO5/c1-2-17-16(10-19(23)24)15-9-13(20(25)26)6-7-18(15)21(17)11-12-4-3-5-14(22)8-12/h3-9,22H,2,10-11H2,1H3,(H,23,24)(H,25,26). The van der Waals surface area contributed by atoms with E-state index in [2.05, 4.69) is 0 Å². The van der Waals surface area contributed by atoms with E-state index < -0.39 is 11.9 Å². The number of carboxylic acid groups (broad SMARTS) is 2. The summed E-state index contributed by atoms with van der Waals surface area (Å²) in [6, 6.07) is 11.7. The highest BCUT2D eigenvalue weighted by Crippen LogP contribution is 2.30. The number of aromatic nitrogens is 1. The first-order chi connectivity index (χ1) is 12.4. The van der Waals surface area contributed by atoms with Crippen LogP contribution in [0.2, 0.25) is 0 Å². The molecule has 3 rings (SSSR count). The summed E-state index contributed by atoms with van der Waals surface area (Å²) in [5.41, 5.74) is 3.28. The molecule has 0 aliphatic heterocycles. The van der Waals surface area contributed by atoms with Crippen LogP contribution >= 0.6 is 0 Å². The van der Waals surface area contributed by atoms with E-state index in [1.54, 1.807) is 24.3 Å². The first kappa shape index (κ1) is 17.5. The van der Waals surface area contributed by atoms with E-state index in [0.717, 1.165) is 16.8 Å². The second-order valence-electron chi connectivity index (χ2n) is 6.14. The zero-order valence-corrected chi connectivity index (χ0v) is 14.3. The normalized spacial score (nSPS) is 11.0. The van der Waals surface area contributed by atoms with Crippen LogP contribution in [0.1, 0.15) is 34.1 Å². The molecule has 0 saturated heterocycles. The number of benzene rings is 2. The van der Waals surface area contributed by atoms with Crippen molar-refractivity contribution < 1.29 is 24.9 Å². The quantitative estimate of drug-likeness (QED) is 0.631. The van der Waals surface area contributed by atoms with Gasteiger partial charge in [-0.1, -0.05) is 19.1 Å². The van der Waals surface area contributed by atoms with Gasteiger partial charge in [0.15, 0.2) is 0 Å². The van der Waals surface area contributed by atoms with Gasteiger partial charge in [-0.05, 0) is 47.9 Å². The molecule has 1 aromatic heterocycles. The van der Waals surface area contributed by atoms with Gasteiger partial charge < -0.3 is 19.9 Å². The van der Waals surface area contributed by atoms with Crippen LogP contribution in [0.5, 0.6) is 5.75 Å². The van der Waals surface area contributed by atoms with E-state index in [9.17, 15) is 24.9 Å². The fourth-order valence-electron chi connectivity index (χ4n) is 3.38. The number of carboxylic acids is 2. The predicted octanol–water partition coefficient (Wildman–Crippen LogP) is 3.28. The van der Waals surface area contributed by atoms with Crippen LogP contribution in [-0.4, -0.2) is 31.8 Å². The Kier molecular flexibility index (Phi) is 4.67. The first-order valence-electron chi connectivity index (χ1n) is 8.27. The number of nitrogens with zero attached hydrogens (tertiary/aromatic N) is 1. The van der Waals surface area contributed by atoms with Crippen LogP contribution in [0.4, 0.5) is 0 Å². The lowest BCUT2D eigenvalue weighted by molar-refractivity contribution is -0.136. The summed E-state index contributed by atoms with van der Waals surface area (Å²) >= 11 is 0. The molecule has 3 N–H and O–H groups in total. The summed E-state index contributed by atoms with van der Waals surface area (Å²) in [4.78, 5) is 22.7. The van der Waals surface area contributed by atoms with Crippen LogP contribution in [0.3, 0.4) is 0 Å². The van der Waals surface area contributed by atoms with Crippen LogP contribution in [0.25, 0.3) is 10.9 Å². The molecule has 0 amide bonds. The third-order valence-electron chi connectivity index (χ3n) is 4.45. The molecule has 3 aromatic rings. The topological polar surface area (TPSA) is 99.8 Å². The summed E-state index contributed by atoms with van der Waals surface area (Å²) in [6.45, 7) is 2.40. The molecule has 26 heavy (non-hydrogen) atoms. The third-order valence-corrected chi connectivity index (χ3v) is 4.45. The van der Waals surface area contributed by atoms with Gasteiger partial charge in [0.1, 0.15) is 5.75 Å². The van der Waals surface area contributed by atoms with E-state index in [1.165, 1.54) is 12.1 Å². The van der Waals surface area contributed by atoms with Gasteiger partial charge in [0.2, 0.25) is 0 Å². The Labute approximate surface area is 149 Å². The Morgan fingerprint density at radius 2 is 1.85 bits per heavy atom. The van der Waals surface area contributed by atoms with Gasteiger partial charge in [-0.15, -0.1) is 0 Å². The number of rotatable bonds is 6. The van der Waals surface area contributed by atoms with Crippen LogP contribution in [0.15, 0.2) is 42.5 Å². The molecule has 0 atom stereocenters. The summed E-state index contributed by atoms with van der Waals surface area (Å²) in [6.07, 6.45) is 0.439. The fraction of sp³-hybridized carbons (Fsp3) is 0.200. The van der Waals surface area contributed by atoms with Gasteiger partial charge >= 0.3 is 11.9 Å². The van der Waals surface area contributed by atoms with Crippen molar-refractivity contribution in [3.63, 3.8) is 0 Å². The molecule has 0 fully saturated rings. The maximum Gasteiger partial charge on any atom is 0.335 e. The van der Waals surface area contributed by atoms with Crippen molar-refractivity contribution in [3.05, 3.63) is 64.8 Å². The molecule has 0 spiro atoms. The monoisotopic (exact) mass is 353 g/mol. The lowest BCUT2D eigenvalue weighted by Crippen LogP contribution is -2.07. The molecule has 6 nitrogen and oxygen atoms in total. The number of aliphatic carboxylic acids is 1. The van der Waals surface area contributed by atoms with E-state index in [4.69, 9.17) is 0 Å². The minimum absolute atomic E-state index is 0.126. The Bertz CT molecular complexity index is 1000. The first-order valence-corrected chi connectivity index (χ1v) is 8.27. The average Bonchev–Trinajstić information content (AvgIpc) is 2.86. The minimum atomic E-state index is -1.05. The maximum atomic E-state index is 11.4. The van der Waals surface area contributed by atoms with Gasteiger partial charge in [-0.3, -0.25) is 4.79 Å². The van der Waals surface area contributed by atoms with E-state index in [1.807, 2.05) is 17.6 Å². The molecule has 0 unspecified atom stereocenters. The predicted molar refractivity (Wildman–Crippen MR) is 96.8 cm³/mol. The third kappa shape index (κ3) is 3.26. The average molecular weight is 353 g/mol. The van der Waals surface area contributed by atoms with Gasteiger partial charge in [0, 0.05) is 23.1 Å². The summed E-state index contributed by atoms with van der Waals surface area (Å²) in [5.74, 6) is -1.85. The smallest absolute Gasteiger partial charge is 0.335 e. The fourth-order valence-corrected chi connectivity index (χ4v) is 3.38. The Morgan fingerprint density at radius 3 is 2.46 bits per heavy atom. The van der Waals surface area contributed by atoms with E-state index in [0.29, 0.717) is 23.9 Å². The largest absolute Gasteiger partial charge is 0.508 e. The molecule has 6 heteroatoms. The molecular weight excluding hydrogens is 334 g/mol. The van der Waals surface area contributed by atoms with Crippen molar-refractivity contribution >= 4 is 22.8 Å². The van der Waals surface area contributed by atoms with Crippen LogP contribution in [-0.2, 0) is 24.2 Å². The molecule has 134 valence electrons. The number of aromatic hydroxyl groups is 1. The van der Waals surface area contributed by atoms with Crippen molar-refractivity contribution in [2.24, 2.45) is 0 Å². The van der Waals surface area contributed by atoms with Crippen LogP contribution in [0, 0.1) is 0 Å². The molecule has 0 aliphatic carbocycles. The lowest BCUT2D eigenvalue weighted by Gasteiger charge is -2.11. The number of fused-ring (bicyclic) bond motifs is 1. The maximum absolute atomic E-state index is 11.4. The summed E-state index contributed by atoms with van der Waals surface area (Å²) < 4.78 is 1.99. The zero-order valence-electron chi connectivity index (χ0n) is 14.3. The summed E-state index contributed by atoms with van der Waals surface area (Å²) in [7, 11) is 0. The number of phenolic OH excluding ortho intramolecular Hbond substituents is 1. The second kappa shape index (κ2) is 6.92. The van der Waals surface area contributed by atoms with Gasteiger partial charge in [0.05, 0.1) is 12.0 Å². The zero-order chi connectivity index (χ0) is 18.8. The van der Waals surface area contributed by atoms with Crippen molar-refractivity contribution in [1.82, 2.24) is 4.57 Å². The van der Waals surface area contributed by atoms with Gasteiger partial charge in [-0.25, -0.2) is 4.79 Å². The van der Waals surface area contributed by atoms with Gasteiger partial charge in [0.25, 0.3) is 0 Å². The van der Waals surface area contributed by atoms with Crippen molar-refractivity contribution in [2.45, 2.75) is 26.3 Å². The minimum Gasteiger partial charge on any atom is -0.508 e. The lowest BCUT2D eigenvalue weighted by atomic mass is 10.0. The Morgan fingerprint density at radius 1 is 1.08 bits per heavy atom. The number of carbonyl (C=O) groups is 2. The Balaban J connectivity index is 2.23. The number of aromatic carboxylic acids is 1. The van der Waals surface area contributed by atoms with E-state index >= 15 is 0 Å². The molecule has 0 saturated carbocycles. The van der Waals surface area contributed by atoms with Crippen molar-refractivity contribution in [2.75, 3.05) is 0 Å². The highest BCUT2D eigenvalue weighted by Gasteiger charge is 2.19. The molecule has 1 heterocycles. The van der Waals surface area contributed by atoms with Gasteiger partial charge in [-0.2, -0.15) is 0 Å². The van der Waals surface area contributed by atoms with Crippen LogP contribution < -0.4 is 0 Å². The second-order valence-corrected chi connectivity index (χ2v) is 6.14. The highest BCUT2D eigenvalue weighted by molar-refractivity contribution is 5.96. The number of hydrogen-bond acceptors (Lipinski definition) is 3. The molecular formula is C20H19NO5. The molecule has 0 aliphatic rings. The highest BCUT2D eigenvalue weighted by atomic mass is 16.4. The number of phenols is 1. The molecule has 0 radical (unpaired) electrons. The number of hydrogen-bond donors (Lipinski definition) is 3. The van der Waals surface area contributed by atoms with Crippen molar-refractivity contribution in [1.29, 1.82) is 0 Å². The molecule has 2 aromatic carbocycles. The van der Waals surface area contributed by atoms with E-state index in [-0.39, 0.29) is 17.7 Å². The Hall–Kier alpha value is -3.28. The van der Waals surface area contributed by atoms with Crippen molar-refractivity contribution in [3.8, 4) is 5.75 Å². The molecule has 0 bridgehead atoms. The SMILES string of the molecule is CCc1c(CC(=O)O)c2cc(C(=O)O)ccc2n1Cc1cccc(O)c1.